The summed E-state index contributed by atoms with van der Waals surface area (Å²) in [5, 5.41) is 19.9. The standard InChI is InChI=1S/C25H22N6O6/c32-24(26-17-7-3-5-14-4-1-2-6-16(14)17)27-18-11-33-23-19(12-34-22(18)23)31-25(28-29-30-31)37-15-8-9-20-21(10-15)36-13-35-20/h1-10,18-19,22-23H,11-13H2,(H2,26,27,32)/t18-,19-,22+,23+/m0/s1. The average molecular weight is 502 g/mol. The molecule has 3 aliphatic rings. The Morgan fingerprint density at radius 1 is 0.973 bits per heavy atom. The summed E-state index contributed by atoms with van der Waals surface area (Å²) >= 11 is 0. The van der Waals surface area contributed by atoms with Crippen LogP contribution in [0.3, 0.4) is 0 Å². The van der Waals surface area contributed by atoms with Crippen LogP contribution in [-0.2, 0) is 9.47 Å². The van der Waals surface area contributed by atoms with Gasteiger partial charge in [-0.3, -0.25) is 0 Å². The van der Waals surface area contributed by atoms with Crippen LogP contribution in [0.1, 0.15) is 6.04 Å². The van der Waals surface area contributed by atoms with Crippen molar-refractivity contribution < 1.29 is 28.5 Å². The zero-order chi connectivity index (χ0) is 24.8. The molecule has 4 aromatic rings. The molecule has 188 valence electrons. The quantitative estimate of drug-likeness (QED) is 0.423. The number of nitrogens with zero attached hydrogens (tertiary/aromatic N) is 4. The summed E-state index contributed by atoms with van der Waals surface area (Å²) < 4.78 is 30.3. The Balaban J connectivity index is 1.03. The van der Waals surface area contributed by atoms with E-state index in [1.54, 1.807) is 22.9 Å². The number of anilines is 1. The third kappa shape index (κ3) is 3.96. The molecule has 7 rings (SSSR count). The molecule has 0 saturated carbocycles. The molecule has 2 saturated heterocycles. The van der Waals surface area contributed by atoms with Gasteiger partial charge in [0, 0.05) is 11.5 Å². The number of benzene rings is 3. The van der Waals surface area contributed by atoms with Gasteiger partial charge in [-0.05, 0) is 34.0 Å². The van der Waals surface area contributed by atoms with Gasteiger partial charge in [0.15, 0.2) is 11.5 Å². The number of rotatable bonds is 5. The molecule has 12 heteroatoms. The first-order valence-electron chi connectivity index (χ1n) is 11.9. The maximum atomic E-state index is 12.8. The minimum atomic E-state index is -0.356. The van der Waals surface area contributed by atoms with E-state index in [2.05, 4.69) is 26.2 Å². The van der Waals surface area contributed by atoms with Gasteiger partial charge in [-0.2, -0.15) is 4.68 Å². The van der Waals surface area contributed by atoms with Crippen LogP contribution in [-0.4, -0.2) is 64.5 Å². The molecule has 0 bridgehead atoms. The van der Waals surface area contributed by atoms with Gasteiger partial charge in [-0.15, -0.1) is 0 Å². The van der Waals surface area contributed by atoms with Crippen LogP contribution in [0, 0.1) is 0 Å². The highest BCUT2D eigenvalue weighted by atomic mass is 16.7. The van der Waals surface area contributed by atoms with Crippen molar-refractivity contribution in [1.29, 1.82) is 0 Å². The van der Waals surface area contributed by atoms with Gasteiger partial charge in [0.1, 0.15) is 24.0 Å². The van der Waals surface area contributed by atoms with E-state index < -0.39 is 0 Å². The van der Waals surface area contributed by atoms with Crippen molar-refractivity contribution in [3.63, 3.8) is 0 Å². The SMILES string of the molecule is O=C(Nc1cccc2ccccc12)N[C@H]1CO[C@H]2[C@@H]1OC[C@@H]2n1nnnc1Oc1ccc2c(c1)OCO2. The van der Waals surface area contributed by atoms with Gasteiger partial charge >= 0.3 is 12.0 Å². The summed E-state index contributed by atoms with van der Waals surface area (Å²) in [6.07, 6.45) is -0.712. The fraction of sp³-hybridized carbons (Fsp3) is 0.280. The summed E-state index contributed by atoms with van der Waals surface area (Å²) in [4.78, 5) is 12.8. The summed E-state index contributed by atoms with van der Waals surface area (Å²) in [5.41, 5.74) is 0.732. The van der Waals surface area contributed by atoms with Gasteiger partial charge in [-0.1, -0.05) is 41.5 Å². The van der Waals surface area contributed by atoms with Crippen molar-refractivity contribution in [2.24, 2.45) is 0 Å². The van der Waals surface area contributed by atoms with Crippen LogP contribution in [0.5, 0.6) is 23.3 Å². The molecule has 0 aliphatic carbocycles. The first kappa shape index (κ1) is 21.8. The highest BCUT2D eigenvalue weighted by molar-refractivity contribution is 6.01. The Morgan fingerprint density at radius 3 is 2.81 bits per heavy atom. The number of carbonyl (C=O) groups is 1. The molecule has 2 amide bonds. The number of hydrogen-bond donors (Lipinski definition) is 2. The molecule has 3 aliphatic heterocycles. The molecule has 2 fully saturated rings. The maximum Gasteiger partial charge on any atom is 0.341 e. The second-order valence-corrected chi connectivity index (χ2v) is 8.92. The lowest BCUT2D eigenvalue weighted by molar-refractivity contribution is 0.0613. The normalized spacial score (nSPS) is 23.7. The largest absolute Gasteiger partial charge is 0.454 e. The van der Waals surface area contributed by atoms with Crippen LogP contribution in [0.4, 0.5) is 10.5 Å². The fourth-order valence-corrected chi connectivity index (χ4v) is 4.98. The number of carbonyl (C=O) groups excluding carboxylic acids is 1. The van der Waals surface area contributed by atoms with Crippen LogP contribution in [0.15, 0.2) is 60.7 Å². The molecule has 0 spiro atoms. The molecular weight excluding hydrogens is 480 g/mol. The number of tetrazole rings is 1. The first-order chi connectivity index (χ1) is 18.2. The highest BCUT2D eigenvalue weighted by Crippen LogP contribution is 2.38. The second kappa shape index (κ2) is 8.91. The van der Waals surface area contributed by atoms with Crippen molar-refractivity contribution in [1.82, 2.24) is 25.5 Å². The van der Waals surface area contributed by atoms with Crippen LogP contribution in [0.2, 0.25) is 0 Å². The molecule has 4 atom stereocenters. The zero-order valence-corrected chi connectivity index (χ0v) is 19.4. The summed E-state index contributed by atoms with van der Waals surface area (Å²) in [7, 11) is 0. The summed E-state index contributed by atoms with van der Waals surface area (Å²) in [6, 6.07) is 18.1. The number of aromatic nitrogens is 4. The van der Waals surface area contributed by atoms with E-state index in [-0.39, 0.29) is 43.1 Å². The Kier molecular flexibility index (Phi) is 5.26. The van der Waals surface area contributed by atoms with E-state index in [4.69, 9.17) is 23.7 Å². The van der Waals surface area contributed by atoms with E-state index in [1.807, 2.05) is 42.5 Å². The lowest BCUT2D eigenvalue weighted by Crippen LogP contribution is -2.45. The Hall–Kier alpha value is -4.42. The van der Waals surface area contributed by atoms with Gasteiger partial charge in [0.2, 0.25) is 6.79 Å². The lowest BCUT2D eigenvalue weighted by atomic mass is 10.1. The van der Waals surface area contributed by atoms with Crippen molar-refractivity contribution in [2.45, 2.75) is 24.3 Å². The van der Waals surface area contributed by atoms with Gasteiger partial charge in [-0.25, -0.2) is 4.79 Å². The molecule has 2 N–H and O–H groups in total. The Labute approximate surface area is 210 Å². The minimum Gasteiger partial charge on any atom is -0.454 e. The smallest absolute Gasteiger partial charge is 0.341 e. The van der Waals surface area contributed by atoms with E-state index in [9.17, 15) is 4.79 Å². The number of amides is 2. The van der Waals surface area contributed by atoms with Crippen molar-refractivity contribution in [2.75, 3.05) is 25.3 Å². The summed E-state index contributed by atoms with van der Waals surface area (Å²) in [6.45, 7) is 0.780. The second-order valence-electron chi connectivity index (χ2n) is 8.92. The minimum absolute atomic E-state index is 0.172. The lowest BCUT2D eigenvalue weighted by Gasteiger charge is -2.18. The number of nitrogens with one attached hydrogen (secondary N) is 2. The van der Waals surface area contributed by atoms with E-state index >= 15 is 0 Å². The topological polar surface area (TPSA) is 131 Å². The molecule has 12 nitrogen and oxygen atoms in total. The molecule has 37 heavy (non-hydrogen) atoms. The summed E-state index contributed by atoms with van der Waals surface area (Å²) in [5.74, 6) is 1.75. The predicted octanol–water partition coefficient (Wildman–Crippen LogP) is 2.88. The van der Waals surface area contributed by atoms with E-state index in [0.29, 0.717) is 30.5 Å². The van der Waals surface area contributed by atoms with Gasteiger partial charge < -0.3 is 34.3 Å². The third-order valence-electron chi connectivity index (χ3n) is 6.71. The molecule has 3 aromatic carbocycles. The highest BCUT2D eigenvalue weighted by Gasteiger charge is 2.50. The molecule has 1 aromatic heterocycles. The monoisotopic (exact) mass is 502 g/mol. The molecule has 0 radical (unpaired) electrons. The fourth-order valence-electron chi connectivity index (χ4n) is 4.98. The Bertz CT molecular complexity index is 1470. The van der Waals surface area contributed by atoms with Crippen LogP contribution < -0.4 is 24.8 Å². The number of fused-ring (bicyclic) bond motifs is 3. The van der Waals surface area contributed by atoms with Crippen molar-refractivity contribution in [3.8, 4) is 23.3 Å². The van der Waals surface area contributed by atoms with E-state index in [1.165, 1.54) is 0 Å². The van der Waals surface area contributed by atoms with Crippen LogP contribution in [0.25, 0.3) is 10.8 Å². The molecule has 4 heterocycles. The number of ether oxygens (including phenoxy) is 5. The van der Waals surface area contributed by atoms with Gasteiger partial charge in [0.25, 0.3) is 0 Å². The first-order valence-corrected chi connectivity index (χ1v) is 11.9. The maximum absolute atomic E-state index is 12.8. The zero-order valence-electron chi connectivity index (χ0n) is 19.4. The number of urea groups is 1. The average Bonchev–Trinajstić information content (AvgIpc) is 3.70. The van der Waals surface area contributed by atoms with Crippen molar-refractivity contribution >= 4 is 22.5 Å². The van der Waals surface area contributed by atoms with E-state index in [0.717, 1.165) is 16.5 Å². The third-order valence-corrected chi connectivity index (χ3v) is 6.71. The van der Waals surface area contributed by atoms with Gasteiger partial charge in [0.05, 0.1) is 24.9 Å². The van der Waals surface area contributed by atoms with Crippen LogP contribution >= 0.6 is 0 Å². The molecular formula is C25H22N6O6. The molecule has 0 unspecified atom stereocenters. The Morgan fingerprint density at radius 2 is 1.84 bits per heavy atom. The van der Waals surface area contributed by atoms with Crippen molar-refractivity contribution in [3.05, 3.63) is 60.7 Å². The number of hydrogen-bond acceptors (Lipinski definition) is 9. The predicted molar refractivity (Wildman–Crippen MR) is 129 cm³/mol.